The summed E-state index contributed by atoms with van der Waals surface area (Å²) in [6.45, 7) is 7.85. The Kier molecular flexibility index (Phi) is 5.65. The zero-order valence-corrected chi connectivity index (χ0v) is 16.8. The topological polar surface area (TPSA) is 64.0 Å². The van der Waals surface area contributed by atoms with Crippen LogP contribution in [0.1, 0.15) is 25.0 Å². The highest BCUT2D eigenvalue weighted by molar-refractivity contribution is 7.99. The fourth-order valence-corrected chi connectivity index (χ4v) is 3.71. The van der Waals surface area contributed by atoms with Gasteiger partial charge in [0.25, 0.3) is 5.56 Å². The third-order valence-corrected chi connectivity index (χ3v) is 5.28. The van der Waals surface area contributed by atoms with Gasteiger partial charge in [0.1, 0.15) is 0 Å². The van der Waals surface area contributed by atoms with Gasteiger partial charge in [0.05, 0.1) is 22.3 Å². The van der Waals surface area contributed by atoms with Crippen molar-refractivity contribution < 1.29 is 4.79 Å². The van der Waals surface area contributed by atoms with Gasteiger partial charge >= 0.3 is 0 Å². The van der Waals surface area contributed by atoms with Crippen molar-refractivity contribution in [3.63, 3.8) is 0 Å². The van der Waals surface area contributed by atoms with E-state index in [-0.39, 0.29) is 23.3 Å². The van der Waals surface area contributed by atoms with E-state index in [0.717, 1.165) is 16.8 Å². The Morgan fingerprint density at radius 2 is 1.89 bits per heavy atom. The lowest BCUT2D eigenvalue weighted by Gasteiger charge is -2.16. The van der Waals surface area contributed by atoms with E-state index in [1.54, 1.807) is 10.6 Å². The molecule has 0 spiro atoms. The van der Waals surface area contributed by atoms with E-state index < -0.39 is 0 Å². The average Bonchev–Trinajstić information content (AvgIpc) is 2.62. The van der Waals surface area contributed by atoms with Crippen LogP contribution in [0.5, 0.6) is 0 Å². The maximum absolute atomic E-state index is 13.2. The molecule has 0 saturated heterocycles. The molecule has 0 bridgehead atoms. The summed E-state index contributed by atoms with van der Waals surface area (Å²) in [7, 11) is 0. The molecular weight excluding hydrogens is 358 g/mol. The molecule has 140 valence electrons. The molecule has 0 fully saturated rings. The monoisotopic (exact) mass is 381 g/mol. The van der Waals surface area contributed by atoms with Crippen molar-refractivity contribution in [2.75, 3.05) is 5.75 Å². The highest BCUT2D eigenvalue weighted by Crippen LogP contribution is 2.24. The van der Waals surface area contributed by atoms with E-state index in [1.807, 2.05) is 64.1 Å². The number of amides is 1. The standard InChI is InChI=1S/C21H23N3O2S/c1-13(2)22-19(25)12-27-21-23-17-10-6-5-9-16(17)20(26)24(21)18-11-7-8-14(3)15(18)4/h5-11,13H,12H2,1-4H3,(H,22,25). The molecule has 1 amide bonds. The molecule has 0 atom stereocenters. The Morgan fingerprint density at radius 1 is 1.15 bits per heavy atom. The first kappa shape index (κ1) is 19.2. The lowest BCUT2D eigenvalue weighted by atomic mass is 10.1. The third-order valence-electron chi connectivity index (χ3n) is 4.34. The summed E-state index contributed by atoms with van der Waals surface area (Å²) in [5.41, 5.74) is 3.42. The summed E-state index contributed by atoms with van der Waals surface area (Å²) < 4.78 is 1.62. The maximum atomic E-state index is 13.2. The smallest absolute Gasteiger partial charge is 0.266 e. The van der Waals surface area contributed by atoms with Crippen LogP contribution >= 0.6 is 11.8 Å². The van der Waals surface area contributed by atoms with Crippen LogP contribution in [0.4, 0.5) is 0 Å². The van der Waals surface area contributed by atoms with Crippen LogP contribution in [0.3, 0.4) is 0 Å². The summed E-state index contributed by atoms with van der Waals surface area (Å²) in [5.74, 6) is 0.123. The molecule has 1 heterocycles. The lowest BCUT2D eigenvalue weighted by molar-refractivity contribution is -0.119. The number of nitrogens with zero attached hydrogens (tertiary/aromatic N) is 2. The number of thioether (sulfide) groups is 1. The Balaban J connectivity index is 2.14. The molecule has 3 rings (SSSR count). The second-order valence-electron chi connectivity index (χ2n) is 6.78. The quantitative estimate of drug-likeness (QED) is 0.542. The molecule has 2 aromatic carbocycles. The summed E-state index contributed by atoms with van der Waals surface area (Å²) in [5, 5.41) is 3.95. The van der Waals surface area contributed by atoms with Crippen LogP contribution < -0.4 is 10.9 Å². The van der Waals surface area contributed by atoms with Gasteiger partial charge in [-0.05, 0) is 57.0 Å². The molecule has 0 aliphatic carbocycles. The Bertz CT molecular complexity index is 1060. The normalized spacial score (nSPS) is 11.1. The van der Waals surface area contributed by atoms with Crippen molar-refractivity contribution in [2.24, 2.45) is 0 Å². The van der Waals surface area contributed by atoms with E-state index in [0.29, 0.717) is 16.1 Å². The largest absolute Gasteiger partial charge is 0.353 e. The molecule has 1 aromatic heterocycles. The number of benzene rings is 2. The number of nitrogens with one attached hydrogen (secondary N) is 1. The number of para-hydroxylation sites is 1. The minimum atomic E-state index is -0.124. The molecule has 3 aromatic rings. The average molecular weight is 382 g/mol. The van der Waals surface area contributed by atoms with Crippen LogP contribution in [-0.2, 0) is 4.79 Å². The number of aryl methyl sites for hydroxylation is 1. The van der Waals surface area contributed by atoms with Crippen molar-refractivity contribution in [1.29, 1.82) is 0 Å². The lowest BCUT2D eigenvalue weighted by Crippen LogP contribution is -2.32. The summed E-state index contributed by atoms with van der Waals surface area (Å²) >= 11 is 1.28. The molecule has 0 unspecified atom stereocenters. The first-order chi connectivity index (χ1) is 12.9. The number of hydrogen-bond donors (Lipinski definition) is 1. The van der Waals surface area contributed by atoms with Crippen molar-refractivity contribution in [3.05, 3.63) is 63.9 Å². The van der Waals surface area contributed by atoms with Gasteiger partial charge in [0.15, 0.2) is 5.16 Å². The van der Waals surface area contributed by atoms with Crippen molar-refractivity contribution in [2.45, 2.75) is 38.9 Å². The van der Waals surface area contributed by atoms with Gasteiger partial charge in [-0.25, -0.2) is 4.98 Å². The van der Waals surface area contributed by atoms with E-state index in [4.69, 9.17) is 0 Å². The summed E-state index contributed by atoms with van der Waals surface area (Å²) in [6.07, 6.45) is 0. The molecule has 0 radical (unpaired) electrons. The second-order valence-corrected chi connectivity index (χ2v) is 7.72. The van der Waals surface area contributed by atoms with Crippen LogP contribution in [0.15, 0.2) is 52.4 Å². The number of hydrogen-bond acceptors (Lipinski definition) is 4. The molecule has 1 N–H and O–H groups in total. The zero-order valence-electron chi connectivity index (χ0n) is 15.9. The molecule has 6 heteroatoms. The van der Waals surface area contributed by atoms with Gasteiger partial charge in [0, 0.05) is 6.04 Å². The van der Waals surface area contributed by atoms with E-state index in [1.165, 1.54) is 11.8 Å². The fourth-order valence-electron chi connectivity index (χ4n) is 2.89. The molecule has 5 nitrogen and oxygen atoms in total. The summed E-state index contributed by atoms with van der Waals surface area (Å²) in [6, 6.07) is 13.2. The predicted molar refractivity (Wildman–Crippen MR) is 111 cm³/mol. The minimum absolute atomic E-state index is 0.0730. The molecule has 27 heavy (non-hydrogen) atoms. The van der Waals surface area contributed by atoms with Crippen LogP contribution in [-0.4, -0.2) is 27.3 Å². The first-order valence-electron chi connectivity index (χ1n) is 8.89. The number of rotatable bonds is 5. The van der Waals surface area contributed by atoms with Gasteiger partial charge in [-0.2, -0.15) is 0 Å². The fraction of sp³-hybridized carbons (Fsp3) is 0.286. The molecule has 0 aliphatic rings. The molecule has 0 saturated carbocycles. The van der Waals surface area contributed by atoms with Crippen molar-refractivity contribution in [3.8, 4) is 5.69 Å². The number of fused-ring (bicyclic) bond motifs is 1. The summed E-state index contributed by atoms with van der Waals surface area (Å²) in [4.78, 5) is 30.0. The molecule has 0 aliphatic heterocycles. The van der Waals surface area contributed by atoms with Crippen LogP contribution in [0, 0.1) is 13.8 Å². The number of carbonyl (C=O) groups excluding carboxylic acids is 1. The first-order valence-corrected chi connectivity index (χ1v) is 9.87. The van der Waals surface area contributed by atoms with Gasteiger partial charge in [-0.1, -0.05) is 36.0 Å². The van der Waals surface area contributed by atoms with E-state index in [9.17, 15) is 9.59 Å². The van der Waals surface area contributed by atoms with Crippen molar-refractivity contribution >= 4 is 28.6 Å². The second kappa shape index (κ2) is 7.96. The van der Waals surface area contributed by atoms with E-state index >= 15 is 0 Å². The zero-order chi connectivity index (χ0) is 19.6. The Labute approximate surface area is 162 Å². The van der Waals surface area contributed by atoms with Crippen LogP contribution in [0.2, 0.25) is 0 Å². The minimum Gasteiger partial charge on any atom is -0.353 e. The van der Waals surface area contributed by atoms with E-state index in [2.05, 4.69) is 10.3 Å². The Hall–Kier alpha value is -2.60. The van der Waals surface area contributed by atoms with Gasteiger partial charge in [0.2, 0.25) is 5.91 Å². The van der Waals surface area contributed by atoms with Crippen molar-refractivity contribution in [1.82, 2.24) is 14.9 Å². The SMILES string of the molecule is Cc1cccc(-n2c(SCC(=O)NC(C)C)nc3ccccc3c2=O)c1C. The maximum Gasteiger partial charge on any atom is 0.266 e. The third kappa shape index (κ3) is 4.06. The van der Waals surface area contributed by atoms with Gasteiger partial charge in [-0.3, -0.25) is 14.2 Å². The van der Waals surface area contributed by atoms with Gasteiger partial charge in [-0.15, -0.1) is 0 Å². The van der Waals surface area contributed by atoms with Gasteiger partial charge < -0.3 is 5.32 Å². The highest BCUT2D eigenvalue weighted by Gasteiger charge is 2.16. The predicted octanol–water partition coefficient (Wildman–Crippen LogP) is 3.62. The van der Waals surface area contributed by atoms with Crippen LogP contribution in [0.25, 0.3) is 16.6 Å². The number of carbonyl (C=O) groups is 1. The highest BCUT2D eigenvalue weighted by atomic mass is 32.2. The number of aromatic nitrogens is 2. The molecular formula is C21H23N3O2S. The Morgan fingerprint density at radius 3 is 2.63 bits per heavy atom.